The Balaban J connectivity index is 1.67. The van der Waals surface area contributed by atoms with Gasteiger partial charge in [0.2, 0.25) is 0 Å². The fraction of sp³-hybridized carbons (Fsp3) is 0.444. The van der Waals surface area contributed by atoms with Crippen molar-refractivity contribution in [3.8, 4) is 10.6 Å². The molecule has 23 heavy (non-hydrogen) atoms. The third-order valence-corrected chi connectivity index (χ3v) is 5.57. The molecule has 3 aromatic rings. The number of nitrogens with zero attached hydrogens (tertiary/aromatic N) is 4. The Morgan fingerprint density at radius 2 is 2.30 bits per heavy atom. The summed E-state index contributed by atoms with van der Waals surface area (Å²) in [5.74, 6) is 0.861. The Hall–Kier alpha value is -1.72. The van der Waals surface area contributed by atoms with Crippen LogP contribution >= 0.6 is 11.3 Å². The van der Waals surface area contributed by atoms with Crippen LogP contribution in [-0.4, -0.2) is 32.6 Å². The number of fused-ring (bicyclic) bond motifs is 1. The molecule has 1 aliphatic rings. The van der Waals surface area contributed by atoms with E-state index in [-0.39, 0.29) is 0 Å². The minimum atomic E-state index is 0.861. The number of rotatable bonds is 5. The highest BCUT2D eigenvalue weighted by molar-refractivity contribution is 7.13. The van der Waals surface area contributed by atoms with E-state index in [1.807, 2.05) is 23.0 Å². The molecule has 4 nitrogen and oxygen atoms in total. The van der Waals surface area contributed by atoms with Gasteiger partial charge in [-0.05, 0) is 42.8 Å². The molecule has 5 heteroatoms. The molecule has 1 aliphatic heterocycles. The molecule has 1 fully saturated rings. The van der Waals surface area contributed by atoms with E-state index >= 15 is 0 Å². The van der Waals surface area contributed by atoms with Gasteiger partial charge in [0.15, 0.2) is 5.65 Å². The summed E-state index contributed by atoms with van der Waals surface area (Å²) in [5, 5.41) is 6.91. The lowest BCUT2D eigenvalue weighted by Gasteiger charge is -2.15. The maximum absolute atomic E-state index is 4.79. The molecule has 1 unspecified atom stereocenters. The van der Waals surface area contributed by atoms with Crippen LogP contribution in [0.15, 0.2) is 36.0 Å². The Morgan fingerprint density at radius 3 is 3.13 bits per heavy atom. The molecule has 0 saturated carbocycles. The van der Waals surface area contributed by atoms with Gasteiger partial charge in [-0.2, -0.15) is 5.10 Å². The average Bonchev–Trinajstić information content (AvgIpc) is 3.29. The second-order valence-electron chi connectivity index (χ2n) is 6.37. The van der Waals surface area contributed by atoms with Gasteiger partial charge in [-0.25, -0.2) is 9.50 Å². The highest BCUT2D eigenvalue weighted by atomic mass is 32.1. The molecule has 4 rings (SSSR count). The van der Waals surface area contributed by atoms with E-state index < -0.39 is 0 Å². The van der Waals surface area contributed by atoms with Crippen LogP contribution in [-0.2, 0) is 6.54 Å². The summed E-state index contributed by atoms with van der Waals surface area (Å²) >= 11 is 1.75. The van der Waals surface area contributed by atoms with Crippen molar-refractivity contribution in [2.75, 3.05) is 13.1 Å². The lowest BCUT2D eigenvalue weighted by atomic mass is 10.0. The summed E-state index contributed by atoms with van der Waals surface area (Å²) in [5.41, 5.74) is 3.36. The van der Waals surface area contributed by atoms with Crippen molar-refractivity contribution in [3.05, 3.63) is 41.5 Å². The fourth-order valence-corrected chi connectivity index (χ4v) is 4.35. The first-order chi connectivity index (χ1) is 11.3. The fourth-order valence-electron chi connectivity index (χ4n) is 3.62. The quantitative estimate of drug-likeness (QED) is 0.708. The van der Waals surface area contributed by atoms with Crippen molar-refractivity contribution >= 4 is 17.0 Å². The first-order valence-corrected chi connectivity index (χ1v) is 9.31. The van der Waals surface area contributed by atoms with Crippen LogP contribution < -0.4 is 0 Å². The van der Waals surface area contributed by atoms with E-state index in [4.69, 9.17) is 5.10 Å². The molecule has 1 atom stereocenters. The Bertz CT molecular complexity index is 778. The van der Waals surface area contributed by atoms with Gasteiger partial charge in [0.05, 0.1) is 4.88 Å². The van der Waals surface area contributed by atoms with E-state index in [0.717, 1.165) is 23.8 Å². The van der Waals surface area contributed by atoms with E-state index in [1.54, 1.807) is 11.3 Å². The minimum absolute atomic E-state index is 0.861. The topological polar surface area (TPSA) is 33.4 Å². The molecule has 4 heterocycles. The number of hydrogen-bond acceptors (Lipinski definition) is 4. The van der Waals surface area contributed by atoms with Crippen molar-refractivity contribution in [3.63, 3.8) is 0 Å². The molecule has 0 aromatic carbocycles. The zero-order valence-electron chi connectivity index (χ0n) is 13.5. The van der Waals surface area contributed by atoms with Crippen LogP contribution in [0.3, 0.4) is 0 Å². The Morgan fingerprint density at radius 1 is 1.35 bits per heavy atom. The molecule has 0 radical (unpaired) electrons. The van der Waals surface area contributed by atoms with Crippen LogP contribution in [0.4, 0.5) is 0 Å². The van der Waals surface area contributed by atoms with Crippen LogP contribution in [0, 0.1) is 5.92 Å². The van der Waals surface area contributed by atoms with E-state index in [2.05, 4.69) is 34.3 Å². The largest absolute Gasteiger partial charge is 0.299 e. The third kappa shape index (κ3) is 2.91. The number of aromatic nitrogens is 3. The molecular weight excluding hydrogens is 304 g/mol. The Kier molecular flexibility index (Phi) is 4.14. The van der Waals surface area contributed by atoms with E-state index in [9.17, 15) is 0 Å². The van der Waals surface area contributed by atoms with Gasteiger partial charge in [-0.1, -0.05) is 19.4 Å². The number of likely N-dealkylation sites (tertiary alicyclic amines) is 1. The molecule has 0 N–H and O–H groups in total. The summed E-state index contributed by atoms with van der Waals surface area (Å²) in [4.78, 5) is 8.39. The van der Waals surface area contributed by atoms with Crippen LogP contribution in [0.25, 0.3) is 16.2 Å². The molecular formula is C18H22N4S. The highest BCUT2D eigenvalue weighted by Gasteiger charge is 2.25. The predicted octanol–water partition coefficient (Wildman–Crippen LogP) is 4.08. The molecule has 0 bridgehead atoms. The van der Waals surface area contributed by atoms with Crippen molar-refractivity contribution in [2.24, 2.45) is 5.92 Å². The van der Waals surface area contributed by atoms with Crippen molar-refractivity contribution in [2.45, 2.75) is 32.7 Å². The smallest absolute Gasteiger partial charge is 0.160 e. The summed E-state index contributed by atoms with van der Waals surface area (Å²) in [6.45, 7) is 5.64. The minimum Gasteiger partial charge on any atom is -0.299 e. The van der Waals surface area contributed by atoms with Crippen LogP contribution in [0.5, 0.6) is 0 Å². The predicted molar refractivity (Wildman–Crippen MR) is 94.6 cm³/mol. The summed E-state index contributed by atoms with van der Waals surface area (Å²) in [7, 11) is 0. The number of thiophene rings is 1. The molecule has 1 saturated heterocycles. The van der Waals surface area contributed by atoms with Crippen molar-refractivity contribution in [1.29, 1.82) is 0 Å². The normalized spacial score (nSPS) is 18.9. The Labute approximate surface area is 140 Å². The van der Waals surface area contributed by atoms with Crippen LogP contribution in [0.1, 0.15) is 31.7 Å². The SMILES string of the molecule is CCCC1CCN(Cc2c(-c3cccs3)nn3cccnc23)C1. The first kappa shape index (κ1) is 14.8. The average molecular weight is 326 g/mol. The maximum atomic E-state index is 4.79. The zero-order valence-corrected chi connectivity index (χ0v) is 14.3. The summed E-state index contributed by atoms with van der Waals surface area (Å²) in [6.07, 6.45) is 7.82. The van der Waals surface area contributed by atoms with Gasteiger partial charge in [0.1, 0.15) is 5.69 Å². The lowest BCUT2D eigenvalue weighted by Crippen LogP contribution is -2.20. The molecule has 0 amide bonds. The monoisotopic (exact) mass is 326 g/mol. The van der Waals surface area contributed by atoms with Gasteiger partial charge in [-0.3, -0.25) is 4.90 Å². The van der Waals surface area contributed by atoms with Crippen molar-refractivity contribution in [1.82, 2.24) is 19.5 Å². The highest BCUT2D eigenvalue weighted by Crippen LogP contribution is 2.31. The van der Waals surface area contributed by atoms with E-state index in [0.29, 0.717) is 0 Å². The van der Waals surface area contributed by atoms with Gasteiger partial charge in [-0.15, -0.1) is 11.3 Å². The molecule has 0 spiro atoms. The van der Waals surface area contributed by atoms with Gasteiger partial charge >= 0.3 is 0 Å². The second-order valence-corrected chi connectivity index (χ2v) is 7.32. The number of hydrogen-bond donors (Lipinski definition) is 0. The standard InChI is InChI=1S/C18H22N4S/c1-2-5-14-7-10-21(12-14)13-15-17(16-6-3-11-23-16)20-22-9-4-8-19-18(15)22/h3-4,6,8-9,11,14H,2,5,7,10,12-13H2,1H3. The third-order valence-electron chi connectivity index (χ3n) is 4.69. The summed E-state index contributed by atoms with van der Waals surface area (Å²) in [6, 6.07) is 6.18. The van der Waals surface area contributed by atoms with Crippen molar-refractivity contribution < 1.29 is 0 Å². The molecule has 0 aliphatic carbocycles. The first-order valence-electron chi connectivity index (χ1n) is 8.43. The summed E-state index contributed by atoms with van der Waals surface area (Å²) < 4.78 is 1.92. The van der Waals surface area contributed by atoms with Crippen LogP contribution in [0.2, 0.25) is 0 Å². The van der Waals surface area contributed by atoms with E-state index in [1.165, 1.54) is 42.8 Å². The second kappa shape index (κ2) is 6.42. The molecule has 3 aromatic heterocycles. The van der Waals surface area contributed by atoms with Gasteiger partial charge in [0.25, 0.3) is 0 Å². The van der Waals surface area contributed by atoms with Gasteiger partial charge < -0.3 is 0 Å². The maximum Gasteiger partial charge on any atom is 0.160 e. The van der Waals surface area contributed by atoms with Gasteiger partial charge in [0, 0.05) is 31.0 Å². The zero-order chi connectivity index (χ0) is 15.6. The lowest BCUT2D eigenvalue weighted by molar-refractivity contribution is 0.314. The molecule has 120 valence electrons.